The molecule has 5 rings (SSSR count). The summed E-state index contributed by atoms with van der Waals surface area (Å²) >= 11 is 0. The third-order valence-electron chi connectivity index (χ3n) is 5.87. The zero-order valence-corrected chi connectivity index (χ0v) is 18.6. The van der Waals surface area contributed by atoms with Crippen molar-refractivity contribution >= 4 is 5.91 Å². The Morgan fingerprint density at radius 2 is 1.94 bits per heavy atom. The fourth-order valence-electron chi connectivity index (χ4n) is 4.18. The van der Waals surface area contributed by atoms with E-state index in [-0.39, 0.29) is 25.3 Å². The van der Waals surface area contributed by atoms with Crippen LogP contribution in [0.2, 0.25) is 0 Å². The third kappa shape index (κ3) is 4.93. The van der Waals surface area contributed by atoms with Crippen molar-refractivity contribution in [3.05, 3.63) is 65.7 Å². The molecule has 9 heteroatoms. The Bertz CT molecular complexity index is 1120. The van der Waals surface area contributed by atoms with Crippen molar-refractivity contribution in [2.45, 2.75) is 32.5 Å². The molecule has 2 aliphatic heterocycles. The van der Waals surface area contributed by atoms with Gasteiger partial charge in [-0.25, -0.2) is 0 Å². The molecule has 33 heavy (non-hydrogen) atoms. The van der Waals surface area contributed by atoms with Crippen LogP contribution in [0.3, 0.4) is 0 Å². The van der Waals surface area contributed by atoms with Gasteiger partial charge in [0.1, 0.15) is 11.6 Å². The third-order valence-corrected chi connectivity index (χ3v) is 5.87. The van der Waals surface area contributed by atoms with Crippen LogP contribution in [0.25, 0.3) is 0 Å². The van der Waals surface area contributed by atoms with Gasteiger partial charge in [-0.3, -0.25) is 9.69 Å². The second kappa shape index (κ2) is 9.50. The fourth-order valence-corrected chi connectivity index (χ4v) is 4.18. The van der Waals surface area contributed by atoms with Gasteiger partial charge in [0.05, 0.1) is 6.04 Å². The van der Waals surface area contributed by atoms with Crippen molar-refractivity contribution in [2.24, 2.45) is 0 Å². The molecule has 9 nitrogen and oxygen atoms in total. The molecule has 1 atom stereocenters. The van der Waals surface area contributed by atoms with Gasteiger partial charge in [-0.05, 0) is 36.8 Å². The van der Waals surface area contributed by atoms with Crippen LogP contribution in [0, 0.1) is 0 Å². The van der Waals surface area contributed by atoms with Crippen LogP contribution in [-0.2, 0) is 24.3 Å². The van der Waals surface area contributed by atoms with Gasteiger partial charge in [-0.15, -0.1) is 10.2 Å². The van der Waals surface area contributed by atoms with E-state index in [0.717, 1.165) is 55.7 Å². The molecule has 1 N–H and O–H groups in total. The van der Waals surface area contributed by atoms with Crippen molar-refractivity contribution in [1.29, 1.82) is 0 Å². The Hall–Kier alpha value is -3.59. The summed E-state index contributed by atoms with van der Waals surface area (Å²) in [6.45, 7) is 5.51. The first-order valence-corrected chi connectivity index (χ1v) is 11.2. The first-order chi connectivity index (χ1) is 16.2. The lowest BCUT2D eigenvalue weighted by Gasteiger charge is -2.20. The number of carbonyl (C=O) groups excluding carboxylic acids is 1. The van der Waals surface area contributed by atoms with E-state index in [2.05, 4.69) is 31.0 Å². The molecule has 3 aromatic rings. The highest BCUT2D eigenvalue weighted by molar-refractivity contribution is 5.77. The number of fused-ring (bicyclic) bond motifs is 2. The Kier molecular flexibility index (Phi) is 6.12. The minimum atomic E-state index is -0.265. The van der Waals surface area contributed by atoms with Crippen LogP contribution in [0.4, 0.5) is 0 Å². The molecule has 1 aromatic heterocycles. The molecule has 0 saturated carbocycles. The maximum atomic E-state index is 12.4. The van der Waals surface area contributed by atoms with E-state index in [0.29, 0.717) is 5.75 Å². The lowest BCUT2D eigenvalue weighted by molar-refractivity contribution is -0.123. The maximum absolute atomic E-state index is 12.4. The summed E-state index contributed by atoms with van der Waals surface area (Å²) in [5, 5.41) is 11.7. The highest BCUT2D eigenvalue weighted by Gasteiger charge is 2.23. The van der Waals surface area contributed by atoms with Gasteiger partial charge in [-0.2, -0.15) is 0 Å². The number of para-hydroxylation sites is 1. The smallest absolute Gasteiger partial charge is 0.258 e. The molecule has 0 bridgehead atoms. The van der Waals surface area contributed by atoms with Gasteiger partial charge < -0.3 is 24.1 Å². The fraction of sp³-hybridized carbons (Fsp3) is 0.375. The van der Waals surface area contributed by atoms with Crippen molar-refractivity contribution in [1.82, 2.24) is 25.0 Å². The molecule has 1 amide bonds. The van der Waals surface area contributed by atoms with Crippen molar-refractivity contribution in [2.75, 3.05) is 26.5 Å². The number of hydrogen-bond acceptors (Lipinski definition) is 7. The quantitative estimate of drug-likeness (QED) is 0.592. The first-order valence-electron chi connectivity index (χ1n) is 11.2. The summed E-state index contributed by atoms with van der Waals surface area (Å²) in [7, 11) is 0. The van der Waals surface area contributed by atoms with Gasteiger partial charge in [-0.1, -0.05) is 24.3 Å². The van der Waals surface area contributed by atoms with E-state index in [1.165, 1.54) is 5.56 Å². The zero-order chi connectivity index (χ0) is 22.6. The van der Waals surface area contributed by atoms with E-state index >= 15 is 0 Å². The Morgan fingerprint density at radius 3 is 2.82 bits per heavy atom. The van der Waals surface area contributed by atoms with Crippen molar-refractivity contribution in [3.8, 4) is 17.2 Å². The van der Waals surface area contributed by atoms with E-state index in [1.54, 1.807) is 0 Å². The predicted octanol–water partition coefficient (Wildman–Crippen LogP) is 2.32. The minimum absolute atomic E-state index is 0.0430. The summed E-state index contributed by atoms with van der Waals surface area (Å²) in [5.74, 6) is 3.79. The van der Waals surface area contributed by atoms with Crippen LogP contribution >= 0.6 is 0 Å². The molecule has 172 valence electrons. The van der Waals surface area contributed by atoms with Crippen LogP contribution in [0.15, 0.2) is 48.5 Å². The van der Waals surface area contributed by atoms with Gasteiger partial charge >= 0.3 is 0 Å². The Labute approximate surface area is 192 Å². The predicted molar refractivity (Wildman–Crippen MR) is 120 cm³/mol. The Morgan fingerprint density at radius 1 is 1.09 bits per heavy atom. The lowest BCUT2D eigenvalue weighted by atomic mass is 10.2. The summed E-state index contributed by atoms with van der Waals surface area (Å²) in [4.78, 5) is 14.8. The van der Waals surface area contributed by atoms with E-state index < -0.39 is 0 Å². The largest absolute Gasteiger partial charge is 0.484 e. The Balaban J connectivity index is 1.17. The van der Waals surface area contributed by atoms with Crippen LogP contribution in [0.5, 0.6) is 17.2 Å². The number of nitrogens with zero attached hydrogens (tertiary/aromatic N) is 4. The molecule has 2 aromatic carbocycles. The van der Waals surface area contributed by atoms with Crippen molar-refractivity contribution < 1.29 is 19.0 Å². The average Bonchev–Trinajstić information content (AvgIpc) is 3.42. The molecular formula is C24H27N5O4. The average molecular weight is 450 g/mol. The number of hydrogen-bond donors (Lipinski definition) is 1. The SMILES string of the molecule is C[C@H](NC(=O)COc1ccccc1)c1nnc2n1CCN(Cc1ccc3c(c1)OCO3)CC2. The molecule has 3 heterocycles. The summed E-state index contributed by atoms with van der Waals surface area (Å²) in [6, 6.07) is 15.1. The van der Waals surface area contributed by atoms with Crippen LogP contribution in [0.1, 0.15) is 30.2 Å². The number of ether oxygens (including phenoxy) is 3. The molecule has 2 aliphatic rings. The van der Waals surface area contributed by atoms with Gasteiger partial charge in [0.25, 0.3) is 5.91 Å². The number of benzene rings is 2. The normalized spacial score (nSPS) is 16.0. The van der Waals surface area contributed by atoms with Crippen LogP contribution < -0.4 is 19.5 Å². The summed E-state index contributed by atoms with van der Waals surface area (Å²) < 4.78 is 18.6. The van der Waals surface area contributed by atoms with E-state index in [1.807, 2.05) is 49.4 Å². The van der Waals surface area contributed by atoms with Gasteiger partial charge in [0.2, 0.25) is 6.79 Å². The summed E-state index contributed by atoms with van der Waals surface area (Å²) in [6.07, 6.45) is 0.801. The van der Waals surface area contributed by atoms with Gasteiger partial charge in [0.15, 0.2) is 23.9 Å². The topological polar surface area (TPSA) is 90.7 Å². The highest BCUT2D eigenvalue weighted by Crippen LogP contribution is 2.33. The minimum Gasteiger partial charge on any atom is -0.484 e. The first kappa shape index (κ1) is 21.3. The molecular weight excluding hydrogens is 422 g/mol. The summed E-state index contributed by atoms with van der Waals surface area (Å²) in [5.41, 5.74) is 1.19. The van der Waals surface area contributed by atoms with E-state index in [4.69, 9.17) is 14.2 Å². The van der Waals surface area contributed by atoms with Crippen molar-refractivity contribution in [3.63, 3.8) is 0 Å². The van der Waals surface area contributed by atoms with Gasteiger partial charge in [0, 0.05) is 32.6 Å². The molecule has 0 aliphatic carbocycles. The number of amides is 1. The van der Waals surface area contributed by atoms with E-state index in [9.17, 15) is 4.79 Å². The molecule has 0 radical (unpaired) electrons. The second-order valence-corrected chi connectivity index (χ2v) is 8.23. The van der Waals surface area contributed by atoms with Crippen LogP contribution in [-0.4, -0.2) is 52.1 Å². The zero-order valence-electron chi connectivity index (χ0n) is 18.6. The molecule has 0 spiro atoms. The lowest BCUT2D eigenvalue weighted by Crippen LogP contribution is -2.33. The molecule has 0 saturated heterocycles. The standard InChI is InChI=1S/C24H27N5O4/c1-17(25-23(30)15-31-19-5-3-2-4-6-19)24-27-26-22-9-10-28(11-12-29(22)24)14-18-7-8-20-21(13-18)33-16-32-20/h2-8,13,17H,9-12,14-16H2,1H3,(H,25,30)/t17-/m0/s1. The highest BCUT2D eigenvalue weighted by atomic mass is 16.7. The number of nitrogens with one attached hydrogen (secondary N) is 1. The number of rotatable bonds is 7. The molecule has 0 fully saturated rings. The molecule has 0 unspecified atom stereocenters. The number of aromatic nitrogens is 3. The second-order valence-electron chi connectivity index (χ2n) is 8.23. The maximum Gasteiger partial charge on any atom is 0.258 e. The number of carbonyl (C=O) groups is 1. The monoisotopic (exact) mass is 449 g/mol.